The Morgan fingerprint density at radius 1 is 1.16 bits per heavy atom. The van der Waals surface area contributed by atoms with Gasteiger partial charge in [-0.05, 0) is 51.7 Å². The Balaban J connectivity index is 2.43. The zero-order valence-electron chi connectivity index (χ0n) is 12.0. The van der Waals surface area contributed by atoms with Crippen molar-refractivity contribution in [3.8, 4) is 0 Å². The Bertz CT molecular complexity index is 470. The van der Waals surface area contributed by atoms with Crippen LogP contribution in [-0.4, -0.2) is 23.4 Å². The minimum atomic E-state index is -0.664. The molecule has 19 heavy (non-hydrogen) atoms. The van der Waals surface area contributed by atoms with Gasteiger partial charge in [0, 0.05) is 5.02 Å². The van der Waals surface area contributed by atoms with Gasteiger partial charge in [-0.1, -0.05) is 23.7 Å². The molecule has 3 nitrogen and oxygen atoms in total. The molecule has 1 aliphatic rings. The average molecular weight is 283 g/mol. The van der Waals surface area contributed by atoms with Crippen molar-refractivity contribution in [1.82, 2.24) is 0 Å². The number of benzene rings is 1. The molecule has 1 N–H and O–H groups in total. The highest BCUT2D eigenvalue weighted by Crippen LogP contribution is 2.37. The fourth-order valence-electron chi connectivity index (χ4n) is 2.17. The van der Waals surface area contributed by atoms with Gasteiger partial charge in [-0.15, -0.1) is 0 Å². The summed E-state index contributed by atoms with van der Waals surface area (Å²) >= 11 is 6.17. The van der Waals surface area contributed by atoms with E-state index in [2.05, 4.69) is 0 Å². The molecule has 1 saturated heterocycles. The van der Waals surface area contributed by atoms with Crippen LogP contribution in [0.2, 0.25) is 5.02 Å². The van der Waals surface area contributed by atoms with Gasteiger partial charge in [-0.25, -0.2) is 0 Å². The van der Waals surface area contributed by atoms with Crippen molar-refractivity contribution in [3.05, 3.63) is 28.8 Å². The van der Waals surface area contributed by atoms with Crippen LogP contribution in [0.5, 0.6) is 0 Å². The van der Waals surface area contributed by atoms with Gasteiger partial charge in [0.15, 0.2) is 0 Å². The van der Waals surface area contributed by atoms with Crippen molar-refractivity contribution in [2.45, 2.75) is 51.9 Å². The maximum absolute atomic E-state index is 9.91. The topological polar surface area (TPSA) is 38.7 Å². The first-order chi connectivity index (χ1) is 8.66. The normalized spacial score (nSPS) is 22.6. The number of aliphatic hydroxyl groups excluding tert-OH is 1. The Morgan fingerprint density at radius 2 is 1.68 bits per heavy atom. The lowest BCUT2D eigenvalue weighted by Crippen LogP contribution is -2.41. The van der Waals surface area contributed by atoms with Crippen molar-refractivity contribution in [1.29, 1.82) is 0 Å². The van der Waals surface area contributed by atoms with E-state index in [0.29, 0.717) is 10.6 Å². The van der Waals surface area contributed by atoms with E-state index in [1.54, 1.807) is 13.0 Å². The smallest absolute Gasteiger partial charge is 0.399 e. The van der Waals surface area contributed by atoms with Crippen molar-refractivity contribution in [2.75, 3.05) is 0 Å². The highest BCUT2D eigenvalue weighted by atomic mass is 35.5. The average Bonchev–Trinajstić information content (AvgIpc) is 2.47. The summed E-state index contributed by atoms with van der Waals surface area (Å²) in [6, 6.07) is 5.49. The number of hydrogen-bond donors (Lipinski definition) is 1. The predicted molar refractivity (Wildman–Crippen MR) is 77.8 cm³/mol. The summed E-state index contributed by atoms with van der Waals surface area (Å²) < 4.78 is 12.0. The van der Waals surface area contributed by atoms with Gasteiger partial charge in [0.1, 0.15) is 0 Å². The van der Waals surface area contributed by atoms with Crippen molar-refractivity contribution >= 4 is 24.2 Å². The lowest BCUT2D eigenvalue weighted by molar-refractivity contribution is 0.00578. The molecule has 2 rings (SSSR count). The SMILES string of the molecule is CC(O)c1c(Cl)cccc1B1OC(C)(C)C(C)(C)O1. The first kappa shape index (κ1) is 14.9. The molecule has 1 fully saturated rings. The van der Waals surface area contributed by atoms with E-state index in [9.17, 15) is 5.11 Å². The summed E-state index contributed by atoms with van der Waals surface area (Å²) in [6.45, 7) is 9.69. The van der Waals surface area contributed by atoms with Crippen LogP contribution in [0.1, 0.15) is 46.3 Å². The molecule has 1 atom stereocenters. The zero-order valence-corrected chi connectivity index (χ0v) is 12.8. The van der Waals surface area contributed by atoms with Crippen LogP contribution >= 0.6 is 11.6 Å². The number of aliphatic hydroxyl groups is 1. The van der Waals surface area contributed by atoms with Gasteiger partial charge >= 0.3 is 7.12 Å². The lowest BCUT2D eigenvalue weighted by atomic mass is 9.75. The Labute approximate surface area is 120 Å². The third-order valence-corrected chi connectivity index (χ3v) is 4.34. The summed E-state index contributed by atoms with van der Waals surface area (Å²) in [5, 5.41) is 10.4. The van der Waals surface area contributed by atoms with E-state index in [-0.39, 0.29) is 0 Å². The molecule has 1 unspecified atom stereocenters. The largest absolute Gasteiger partial charge is 0.495 e. The molecule has 104 valence electrons. The van der Waals surface area contributed by atoms with Crippen LogP contribution in [0.15, 0.2) is 18.2 Å². The lowest BCUT2D eigenvalue weighted by Gasteiger charge is -2.32. The third kappa shape index (κ3) is 2.55. The Morgan fingerprint density at radius 3 is 2.16 bits per heavy atom. The number of hydrogen-bond acceptors (Lipinski definition) is 3. The second kappa shape index (κ2) is 4.78. The molecule has 0 spiro atoms. The fourth-order valence-corrected chi connectivity index (χ4v) is 2.51. The van der Waals surface area contributed by atoms with Crippen molar-refractivity contribution < 1.29 is 14.4 Å². The summed E-state index contributed by atoms with van der Waals surface area (Å²) in [7, 11) is -0.506. The van der Waals surface area contributed by atoms with Crippen LogP contribution in [-0.2, 0) is 9.31 Å². The summed E-state index contributed by atoms with van der Waals surface area (Å²) in [5.41, 5.74) is 0.648. The minimum absolute atomic E-state index is 0.407. The van der Waals surface area contributed by atoms with Crippen LogP contribution in [0.25, 0.3) is 0 Å². The molecule has 0 radical (unpaired) electrons. The maximum Gasteiger partial charge on any atom is 0.495 e. The monoisotopic (exact) mass is 282 g/mol. The molecule has 0 saturated carbocycles. The van der Waals surface area contributed by atoms with E-state index >= 15 is 0 Å². The van der Waals surface area contributed by atoms with Gasteiger partial charge < -0.3 is 14.4 Å². The number of rotatable bonds is 2. The van der Waals surface area contributed by atoms with Gasteiger partial charge in [0.2, 0.25) is 0 Å². The zero-order chi connectivity index (χ0) is 14.4. The molecule has 1 heterocycles. The van der Waals surface area contributed by atoms with Crippen LogP contribution in [0, 0.1) is 0 Å². The van der Waals surface area contributed by atoms with E-state index < -0.39 is 24.4 Å². The third-order valence-electron chi connectivity index (χ3n) is 4.01. The first-order valence-electron chi connectivity index (χ1n) is 6.48. The molecular weight excluding hydrogens is 262 g/mol. The summed E-state index contributed by atoms with van der Waals surface area (Å²) in [6.07, 6.45) is -0.664. The van der Waals surface area contributed by atoms with E-state index in [4.69, 9.17) is 20.9 Å². The first-order valence-corrected chi connectivity index (χ1v) is 6.85. The fraction of sp³-hybridized carbons (Fsp3) is 0.571. The summed E-state index contributed by atoms with van der Waals surface area (Å²) in [4.78, 5) is 0. The van der Waals surface area contributed by atoms with Gasteiger partial charge in [0.05, 0.1) is 17.3 Å². The van der Waals surface area contributed by atoms with Crippen LogP contribution in [0.3, 0.4) is 0 Å². The van der Waals surface area contributed by atoms with E-state index in [1.807, 2.05) is 39.8 Å². The number of halogens is 1. The van der Waals surface area contributed by atoms with Crippen molar-refractivity contribution in [2.24, 2.45) is 0 Å². The molecule has 0 amide bonds. The van der Waals surface area contributed by atoms with E-state index in [0.717, 1.165) is 5.46 Å². The maximum atomic E-state index is 9.91. The highest BCUT2D eigenvalue weighted by molar-refractivity contribution is 6.63. The quantitative estimate of drug-likeness (QED) is 0.848. The molecule has 0 aliphatic carbocycles. The second-order valence-corrected chi connectivity index (χ2v) is 6.41. The molecule has 1 aromatic rings. The molecule has 5 heteroatoms. The predicted octanol–water partition coefficient (Wildman–Crippen LogP) is 2.69. The molecule has 0 bridgehead atoms. The molecule has 1 aliphatic heterocycles. The van der Waals surface area contributed by atoms with Crippen LogP contribution < -0.4 is 5.46 Å². The summed E-state index contributed by atoms with van der Waals surface area (Å²) in [5.74, 6) is 0. The van der Waals surface area contributed by atoms with Crippen LogP contribution in [0.4, 0.5) is 0 Å². The Kier molecular flexibility index (Phi) is 3.73. The van der Waals surface area contributed by atoms with Gasteiger partial charge in [-0.3, -0.25) is 0 Å². The standard InChI is InChI=1S/C14H20BClO3/c1-9(17)12-10(7-6-8-11(12)16)15-18-13(2,3)14(4,5)19-15/h6-9,17H,1-5H3. The van der Waals surface area contributed by atoms with Gasteiger partial charge in [0.25, 0.3) is 0 Å². The Hall–Kier alpha value is -0.545. The van der Waals surface area contributed by atoms with Gasteiger partial charge in [-0.2, -0.15) is 0 Å². The van der Waals surface area contributed by atoms with Crippen molar-refractivity contribution in [3.63, 3.8) is 0 Å². The molecule has 1 aromatic carbocycles. The molecule has 0 aromatic heterocycles. The highest BCUT2D eigenvalue weighted by Gasteiger charge is 2.52. The molecular formula is C14H20BClO3. The second-order valence-electron chi connectivity index (χ2n) is 6.01. The minimum Gasteiger partial charge on any atom is -0.399 e. The van der Waals surface area contributed by atoms with E-state index in [1.165, 1.54) is 0 Å².